The second-order valence-corrected chi connectivity index (χ2v) is 16.8. The van der Waals surface area contributed by atoms with Crippen LogP contribution in [0.15, 0.2) is 12.1 Å². The number of aliphatic hydroxyl groups is 2. The minimum atomic E-state index is -1.04. The summed E-state index contributed by atoms with van der Waals surface area (Å²) in [5.41, 5.74) is 3.87. The molecule has 7 N–H and O–H groups in total. The summed E-state index contributed by atoms with van der Waals surface area (Å²) in [6.07, 6.45) is 8.98. The number of ether oxygens (including phenoxy) is 1. The number of nitrogens with two attached hydrogens (primary N) is 1. The molecule has 0 aromatic heterocycles. The number of carbonyl (C=O) groups excluding carboxylic acids is 3. The molecule has 4 fully saturated rings. The molecule has 2 amide bonds. The number of aromatic hydroxyl groups is 2. The molecule has 10 unspecified atom stereocenters. The number of carbonyl (C=O) groups is 3. The topological polar surface area (TPSA) is 179 Å². The van der Waals surface area contributed by atoms with Crippen molar-refractivity contribution in [1.29, 1.82) is 0 Å². The van der Waals surface area contributed by atoms with Gasteiger partial charge in [-0.25, -0.2) is 0 Å². The molecule has 0 aliphatic heterocycles. The van der Waals surface area contributed by atoms with Crippen LogP contribution in [0.5, 0.6) is 11.5 Å². The maximum absolute atomic E-state index is 13.3. The number of primary amides is 1. The van der Waals surface area contributed by atoms with E-state index in [1.54, 1.807) is 0 Å². The first kappa shape index (κ1) is 36.4. The molecule has 0 heterocycles. The van der Waals surface area contributed by atoms with Crippen molar-refractivity contribution in [3.8, 4) is 11.5 Å². The summed E-state index contributed by atoms with van der Waals surface area (Å²) in [5, 5.41) is 45.3. The molecule has 10 atom stereocenters. The summed E-state index contributed by atoms with van der Waals surface area (Å²) in [4.78, 5) is 37.7. The lowest BCUT2D eigenvalue weighted by Crippen LogP contribution is -2.59. The molecule has 4 aliphatic carbocycles. The predicted octanol–water partition coefficient (Wildman–Crippen LogP) is 6.03. The van der Waals surface area contributed by atoms with Crippen molar-refractivity contribution in [1.82, 2.24) is 0 Å². The number of hydrogen-bond donors (Lipinski definition) is 6. The van der Waals surface area contributed by atoms with Crippen LogP contribution in [0.1, 0.15) is 128 Å². The predicted molar refractivity (Wildman–Crippen MR) is 182 cm³/mol. The highest BCUT2D eigenvalue weighted by Crippen LogP contribution is 2.69. The van der Waals surface area contributed by atoms with Crippen LogP contribution in [-0.2, 0) is 14.3 Å². The molecule has 0 bridgehead atoms. The summed E-state index contributed by atoms with van der Waals surface area (Å²) in [6, 6.07) is 2.39. The molecule has 4 aliphatic rings. The van der Waals surface area contributed by atoms with Crippen LogP contribution in [0.25, 0.3) is 0 Å². The van der Waals surface area contributed by atoms with Crippen molar-refractivity contribution < 1.29 is 39.5 Å². The van der Waals surface area contributed by atoms with Crippen molar-refractivity contribution in [2.24, 2.45) is 52.1 Å². The largest absolute Gasteiger partial charge is 0.507 e. The van der Waals surface area contributed by atoms with Gasteiger partial charge in [0, 0.05) is 12.3 Å². The van der Waals surface area contributed by atoms with Crippen molar-refractivity contribution in [2.45, 2.75) is 136 Å². The fraction of sp³-hybridized carbons (Fsp3) is 0.763. The van der Waals surface area contributed by atoms with Gasteiger partial charge in [-0.05, 0) is 117 Å². The second kappa shape index (κ2) is 13.8. The zero-order valence-electron chi connectivity index (χ0n) is 29.5. The van der Waals surface area contributed by atoms with Gasteiger partial charge in [-0.15, -0.1) is 0 Å². The molecule has 5 rings (SSSR count). The Hall–Kier alpha value is -2.85. The Labute approximate surface area is 285 Å². The third-order valence-corrected chi connectivity index (χ3v) is 13.4. The number of anilines is 1. The minimum absolute atomic E-state index is 0.0146. The standard InChI is InChI=1S/C38H58N2O8/c1-21(2)7-6-16-38(5,47)30-11-8-24-23-20-29(26-19-22(41)14-17-36(26,3)25(23)15-18-37(24,30)4)48-32(44)13-12-31(43)40-27-9-10-28(42)33(34(27)45)35(39)46/h9-10,21-26,29-30,41-42,45,47H,6-8,11-20H2,1-5H3,(H2,39,46)(H,40,43). The number of esters is 1. The first-order chi connectivity index (χ1) is 22.5. The van der Waals surface area contributed by atoms with E-state index in [1.165, 1.54) is 6.07 Å². The van der Waals surface area contributed by atoms with E-state index in [0.717, 1.165) is 70.3 Å². The van der Waals surface area contributed by atoms with Gasteiger partial charge in [0.15, 0.2) is 5.75 Å². The number of aliphatic hydroxyl groups excluding tert-OH is 1. The number of rotatable bonds is 11. The Morgan fingerprint density at radius 2 is 1.69 bits per heavy atom. The monoisotopic (exact) mass is 670 g/mol. The SMILES string of the molecule is CC(C)CCCC(C)(O)C1CCC2C3CC(OC(=O)CCC(=O)Nc4ccc(O)c(C(N)=O)c4O)C4CC(O)CCC4(C)C3CCC21C. The van der Waals surface area contributed by atoms with Gasteiger partial charge in [-0.2, -0.15) is 0 Å². The first-order valence-electron chi connectivity index (χ1n) is 18.2. The Morgan fingerprint density at radius 3 is 2.38 bits per heavy atom. The third-order valence-electron chi connectivity index (χ3n) is 13.4. The van der Waals surface area contributed by atoms with Gasteiger partial charge in [-0.1, -0.05) is 40.5 Å². The molecular formula is C38H58N2O8. The highest BCUT2D eigenvalue weighted by atomic mass is 16.5. The van der Waals surface area contributed by atoms with E-state index in [0.29, 0.717) is 30.1 Å². The molecule has 0 saturated heterocycles. The molecule has 4 saturated carbocycles. The molecule has 0 radical (unpaired) electrons. The molecule has 48 heavy (non-hydrogen) atoms. The van der Waals surface area contributed by atoms with Gasteiger partial charge in [0.2, 0.25) is 5.91 Å². The normalized spacial score (nSPS) is 35.5. The van der Waals surface area contributed by atoms with Crippen LogP contribution < -0.4 is 11.1 Å². The molecular weight excluding hydrogens is 612 g/mol. The lowest BCUT2D eigenvalue weighted by Gasteiger charge is -2.63. The summed E-state index contributed by atoms with van der Waals surface area (Å²) >= 11 is 0. The molecule has 10 heteroatoms. The van der Waals surface area contributed by atoms with Crippen LogP contribution >= 0.6 is 0 Å². The molecule has 0 spiro atoms. The van der Waals surface area contributed by atoms with E-state index < -0.39 is 46.6 Å². The van der Waals surface area contributed by atoms with Gasteiger partial charge in [0.1, 0.15) is 17.4 Å². The van der Waals surface area contributed by atoms with Crippen LogP contribution in [0.3, 0.4) is 0 Å². The van der Waals surface area contributed by atoms with Crippen LogP contribution in [-0.4, -0.2) is 56.0 Å². The fourth-order valence-electron chi connectivity index (χ4n) is 11.0. The van der Waals surface area contributed by atoms with Crippen molar-refractivity contribution in [2.75, 3.05) is 5.32 Å². The number of fused-ring (bicyclic) bond motifs is 5. The average Bonchev–Trinajstić information content (AvgIpc) is 3.36. The van der Waals surface area contributed by atoms with Crippen LogP contribution in [0.2, 0.25) is 0 Å². The van der Waals surface area contributed by atoms with Crippen LogP contribution in [0, 0.1) is 46.3 Å². The maximum Gasteiger partial charge on any atom is 0.306 e. The van der Waals surface area contributed by atoms with E-state index in [-0.39, 0.29) is 47.3 Å². The van der Waals surface area contributed by atoms with Crippen molar-refractivity contribution in [3.63, 3.8) is 0 Å². The van der Waals surface area contributed by atoms with Crippen LogP contribution in [0.4, 0.5) is 5.69 Å². The summed E-state index contributed by atoms with van der Waals surface area (Å²) in [5.74, 6) is -1.11. The number of amides is 2. The van der Waals surface area contributed by atoms with Gasteiger partial charge in [0.25, 0.3) is 5.91 Å². The van der Waals surface area contributed by atoms with E-state index >= 15 is 0 Å². The van der Waals surface area contributed by atoms with E-state index in [2.05, 4.69) is 39.9 Å². The molecule has 10 nitrogen and oxygen atoms in total. The number of benzene rings is 1. The Balaban J connectivity index is 1.28. The number of phenols is 2. The molecule has 1 aromatic carbocycles. The zero-order valence-corrected chi connectivity index (χ0v) is 29.5. The van der Waals surface area contributed by atoms with Crippen molar-refractivity contribution >= 4 is 23.5 Å². The zero-order chi connectivity index (χ0) is 35.2. The summed E-state index contributed by atoms with van der Waals surface area (Å²) < 4.78 is 6.24. The van der Waals surface area contributed by atoms with Crippen molar-refractivity contribution in [3.05, 3.63) is 17.7 Å². The molecule has 1 aromatic rings. The third kappa shape index (κ3) is 6.93. The summed E-state index contributed by atoms with van der Waals surface area (Å²) in [6.45, 7) is 11.3. The fourth-order valence-corrected chi connectivity index (χ4v) is 11.0. The van der Waals surface area contributed by atoms with Gasteiger partial charge < -0.3 is 36.2 Å². The van der Waals surface area contributed by atoms with Gasteiger partial charge >= 0.3 is 5.97 Å². The Kier molecular flexibility index (Phi) is 10.5. The quantitative estimate of drug-likeness (QED) is 0.0938. The average molecular weight is 671 g/mol. The highest BCUT2D eigenvalue weighted by molar-refractivity contribution is 6.02. The lowest BCUT2D eigenvalue weighted by molar-refractivity contribution is -0.197. The number of hydrogen-bond acceptors (Lipinski definition) is 8. The lowest BCUT2D eigenvalue weighted by atomic mass is 9.43. The second-order valence-electron chi connectivity index (χ2n) is 16.8. The van der Waals surface area contributed by atoms with E-state index in [1.807, 2.05) is 0 Å². The Bertz CT molecular complexity index is 1380. The van der Waals surface area contributed by atoms with Gasteiger partial charge in [0.05, 0.1) is 23.8 Å². The Morgan fingerprint density at radius 1 is 1.00 bits per heavy atom. The number of nitrogens with one attached hydrogen (secondary N) is 1. The minimum Gasteiger partial charge on any atom is -0.507 e. The first-order valence-corrected chi connectivity index (χ1v) is 18.2. The maximum atomic E-state index is 13.3. The molecule has 268 valence electrons. The summed E-state index contributed by atoms with van der Waals surface area (Å²) in [7, 11) is 0. The van der Waals surface area contributed by atoms with E-state index in [4.69, 9.17) is 10.5 Å². The smallest absolute Gasteiger partial charge is 0.306 e. The highest BCUT2D eigenvalue weighted by Gasteiger charge is 2.64. The van der Waals surface area contributed by atoms with Gasteiger partial charge in [-0.3, -0.25) is 14.4 Å². The van der Waals surface area contributed by atoms with E-state index in [9.17, 15) is 34.8 Å².